The van der Waals surface area contributed by atoms with Gasteiger partial charge in [-0.05, 0) is 43.0 Å². The summed E-state index contributed by atoms with van der Waals surface area (Å²) in [5.41, 5.74) is 3.06. The number of carbonyl (C=O) groups excluding carboxylic acids is 1. The number of sulfonamides is 1. The van der Waals surface area contributed by atoms with E-state index in [0.717, 1.165) is 24.9 Å². The summed E-state index contributed by atoms with van der Waals surface area (Å²) in [6.07, 6.45) is 3.09. The van der Waals surface area contributed by atoms with Gasteiger partial charge in [-0.2, -0.15) is 4.31 Å². The first-order valence-corrected chi connectivity index (χ1v) is 12.3. The maximum Gasteiger partial charge on any atom is 0.251 e. The van der Waals surface area contributed by atoms with Crippen molar-refractivity contribution in [1.82, 2.24) is 14.5 Å². The van der Waals surface area contributed by atoms with Gasteiger partial charge in [0, 0.05) is 44.3 Å². The molecule has 0 aliphatic carbocycles. The number of rotatable bonds is 8. The Morgan fingerprint density at radius 2 is 1.60 bits per heavy atom. The molecular weight excluding hydrogens is 398 g/mol. The fourth-order valence-corrected chi connectivity index (χ4v) is 4.47. The van der Waals surface area contributed by atoms with Gasteiger partial charge in [0.25, 0.3) is 5.91 Å². The molecule has 162 valence electrons. The number of hydrogen-bond acceptors (Lipinski definition) is 4. The zero-order valence-electron chi connectivity index (χ0n) is 17.8. The van der Waals surface area contributed by atoms with Gasteiger partial charge in [0.2, 0.25) is 10.0 Å². The van der Waals surface area contributed by atoms with E-state index in [1.807, 2.05) is 49.4 Å². The molecule has 0 spiro atoms. The second kappa shape index (κ2) is 10.2. The number of benzene rings is 2. The Morgan fingerprint density at radius 3 is 2.20 bits per heavy atom. The Morgan fingerprint density at radius 1 is 0.967 bits per heavy atom. The zero-order valence-corrected chi connectivity index (χ0v) is 18.6. The van der Waals surface area contributed by atoms with Crippen LogP contribution in [0.25, 0.3) is 0 Å². The summed E-state index contributed by atoms with van der Waals surface area (Å²) >= 11 is 0. The van der Waals surface area contributed by atoms with Crippen LogP contribution in [-0.2, 0) is 23.0 Å². The lowest BCUT2D eigenvalue weighted by Gasteiger charge is -2.33. The Hall–Kier alpha value is -2.22. The summed E-state index contributed by atoms with van der Waals surface area (Å²) in [5.74, 6) is -0.0520. The van der Waals surface area contributed by atoms with Crippen LogP contribution in [-0.4, -0.2) is 62.0 Å². The highest BCUT2D eigenvalue weighted by atomic mass is 32.2. The Labute approximate surface area is 179 Å². The van der Waals surface area contributed by atoms with Gasteiger partial charge >= 0.3 is 0 Å². The molecule has 1 aliphatic heterocycles. The van der Waals surface area contributed by atoms with E-state index in [9.17, 15) is 13.2 Å². The molecule has 1 N–H and O–H groups in total. The maximum atomic E-state index is 12.5. The molecule has 1 saturated heterocycles. The summed E-state index contributed by atoms with van der Waals surface area (Å²) < 4.78 is 24.7. The lowest BCUT2D eigenvalue weighted by atomic mass is 10.1. The third-order valence-electron chi connectivity index (χ3n) is 5.51. The lowest BCUT2D eigenvalue weighted by Crippen LogP contribution is -2.47. The first-order valence-electron chi connectivity index (χ1n) is 10.4. The largest absolute Gasteiger partial charge is 0.350 e. The second-order valence-corrected chi connectivity index (χ2v) is 10.0. The van der Waals surface area contributed by atoms with Crippen molar-refractivity contribution in [3.05, 3.63) is 71.3 Å². The minimum Gasteiger partial charge on any atom is -0.350 e. The van der Waals surface area contributed by atoms with Crippen LogP contribution in [0.15, 0.2) is 54.6 Å². The summed E-state index contributed by atoms with van der Waals surface area (Å²) in [6, 6.07) is 18.1. The van der Waals surface area contributed by atoms with Crippen LogP contribution >= 0.6 is 0 Å². The summed E-state index contributed by atoms with van der Waals surface area (Å²) in [4.78, 5) is 14.8. The van der Waals surface area contributed by atoms with Gasteiger partial charge in [-0.15, -0.1) is 0 Å². The van der Waals surface area contributed by atoms with Crippen LogP contribution in [0.1, 0.15) is 34.8 Å². The van der Waals surface area contributed by atoms with Crippen molar-refractivity contribution >= 4 is 15.9 Å². The average molecular weight is 430 g/mol. The minimum absolute atomic E-state index is 0.0520. The third-order valence-corrected chi connectivity index (χ3v) is 6.81. The first kappa shape index (κ1) is 22.5. The van der Waals surface area contributed by atoms with Crippen molar-refractivity contribution in [3.63, 3.8) is 0 Å². The zero-order chi connectivity index (χ0) is 21.6. The molecule has 0 bridgehead atoms. The molecule has 1 unspecified atom stereocenters. The normalized spacial score (nSPS) is 16.9. The third kappa shape index (κ3) is 6.65. The number of nitrogens with one attached hydrogen (secondary N) is 1. The number of amides is 1. The van der Waals surface area contributed by atoms with Crippen molar-refractivity contribution in [3.8, 4) is 0 Å². The smallest absolute Gasteiger partial charge is 0.251 e. The molecule has 0 saturated carbocycles. The molecule has 1 fully saturated rings. The molecule has 1 aliphatic rings. The molecule has 1 amide bonds. The SMILES string of the molecule is CC(CCc1ccccc1)NC(=O)c1ccc(CN2CCN(S(C)(=O)=O)CC2)cc1. The van der Waals surface area contributed by atoms with Crippen LogP contribution in [0.3, 0.4) is 0 Å². The van der Waals surface area contributed by atoms with Crippen molar-refractivity contribution in [2.24, 2.45) is 0 Å². The van der Waals surface area contributed by atoms with E-state index < -0.39 is 10.0 Å². The van der Waals surface area contributed by atoms with Crippen molar-refractivity contribution in [2.45, 2.75) is 32.4 Å². The molecule has 0 aromatic heterocycles. The molecular formula is C23H31N3O3S. The minimum atomic E-state index is -3.11. The molecule has 3 rings (SSSR count). The van der Waals surface area contributed by atoms with E-state index >= 15 is 0 Å². The van der Waals surface area contributed by atoms with Crippen LogP contribution in [0.5, 0.6) is 0 Å². The number of aryl methyl sites for hydroxylation is 1. The van der Waals surface area contributed by atoms with E-state index in [1.165, 1.54) is 16.1 Å². The lowest BCUT2D eigenvalue weighted by molar-refractivity contribution is 0.0938. The van der Waals surface area contributed by atoms with Gasteiger partial charge in [-0.1, -0.05) is 42.5 Å². The van der Waals surface area contributed by atoms with E-state index in [2.05, 4.69) is 22.3 Å². The molecule has 7 heteroatoms. The molecule has 6 nitrogen and oxygen atoms in total. The van der Waals surface area contributed by atoms with E-state index in [1.54, 1.807) is 0 Å². The fraction of sp³-hybridized carbons (Fsp3) is 0.435. The van der Waals surface area contributed by atoms with Crippen LogP contribution in [0, 0.1) is 0 Å². The average Bonchev–Trinajstić information content (AvgIpc) is 2.73. The van der Waals surface area contributed by atoms with Gasteiger partial charge in [0.15, 0.2) is 0 Å². The molecule has 2 aromatic rings. The van der Waals surface area contributed by atoms with Gasteiger partial charge in [-0.3, -0.25) is 9.69 Å². The van der Waals surface area contributed by atoms with Gasteiger partial charge in [0.05, 0.1) is 6.26 Å². The van der Waals surface area contributed by atoms with Crippen molar-refractivity contribution in [2.75, 3.05) is 32.4 Å². The van der Waals surface area contributed by atoms with Gasteiger partial charge < -0.3 is 5.32 Å². The van der Waals surface area contributed by atoms with Crippen LogP contribution < -0.4 is 5.32 Å². The Balaban J connectivity index is 1.45. The second-order valence-electron chi connectivity index (χ2n) is 8.03. The van der Waals surface area contributed by atoms with E-state index in [0.29, 0.717) is 31.7 Å². The summed E-state index contributed by atoms with van der Waals surface area (Å²) in [5, 5.41) is 3.07. The Bertz CT molecular complexity index is 922. The number of carbonyl (C=O) groups is 1. The quantitative estimate of drug-likeness (QED) is 0.700. The highest BCUT2D eigenvalue weighted by molar-refractivity contribution is 7.88. The van der Waals surface area contributed by atoms with Crippen LogP contribution in [0.2, 0.25) is 0 Å². The summed E-state index contributed by atoms with van der Waals surface area (Å²) in [7, 11) is -3.11. The fourth-order valence-electron chi connectivity index (χ4n) is 3.65. The first-order chi connectivity index (χ1) is 14.3. The van der Waals surface area contributed by atoms with Gasteiger partial charge in [0.1, 0.15) is 0 Å². The monoisotopic (exact) mass is 429 g/mol. The molecule has 2 aromatic carbocycles. The van der Waals surface area contributed by atoms with Crippen LogP contribution in [0.4, 0.5) is 0 Å². The standard InChI is InChI=1S/C23H31N3O3S/c1-19(8-9-20-6-4-3-5-7-20)24-23(27)22-12-10-21(11-13-22)18-25-14-16-26(17-15-25)30(2,28)29/h3-7,10-13,19H,8-9,14-18H2,1-2H3,(H,24,27). The molecule has 1 heterocycles. The van der Waals surface area contributed by atoms with Crippen molar-refractivity contribution < 1.29 is 13.2 Å². The highest BCUT2D eigenvalue weighted by Crippen LogP contribution is 2.12. The number of piperazine rings is 1. The summed E-state index contributed by atoms with van der Waals surface area (Å²) in [6.45, 7) is 5.28. The predicted molar refractivity (Wildman–Crippen MR) is 120 cm³/mol. The highest BCUT2D eigenvalue weighted by Gasteiger charge is 2.23. The molecule has 0 radical (unpaired) electrons. The predicted octanol–water partition coefficient (Wildman–Crippen LogP) is 2.51. The van der Waals surface area contributed by atoms with Crippen molar-refractivity contribution in [1.29, 1.82) is 0 Å². The molecule has 1 atom stereocenters. The van der Waals surface area contributed by atoms with E-state index in [4.69, 9.17) is 0 Å². The molecule has 30 heavy (non-hydrogen) atoms. The van der Waals surface area contributed by atoms with E-state index in [-0.39, 0.29) is 11.9 Å². The van der Waals surface area contributed by atoms with Gasteiger partial charge in [-0.25, -0.2) is 8.42 Å². The topological polar surface area (TPSA) is 69.7 Å². The maximum absolute atomic E-state index is 12.5. The Kier molecular flexibility index (Phi) is 7.64. The number of nitrogens with zero attached hydrogens (tertiary/aromatic N) is 2. The number of hydrogen-bond donors (Lipinski definition) is 1.